The predicted octanol–water partition coefficient (Wildman–Crippen LogP) is 0.138. The van der Waals surface area contributed by atoms with E-state index in [1.165, 1.54) is 0 Å². The van der Waals surface area contributed by atoms with Crippen LogP contribution in [-0.4, -0.2) is 34.6 Å². The van der Waals surface area contributed by atoms with E-state index in [4.69, 9.17) is 10.2 Å². The molecule has 0 spiro atoms. The lowest BCUT2D eigenvalue weighted by atomic mass is 9.98. The Morgan fingerprint density at radius 1 is 1.09 bits per heavy atom. The maximum absolute atomic E-state index is 9.36. The van der Waals surface area contributed by atoms with Crippen LogP contribution in [0.15, 0.2) is 0 Å². The summed E-state index contributed by atoms with van der Waals surface area (Å²) in [5, 5.41) is 26.4. The van der Waals surface area contributed by atoms with Gasteiger partial charge >= 0.3 is 0 Å². The van der Waals surface area contributed by atoms with Gasteiger partial charge in [-0.15, -0.1) is 0 Å². The van der Waals surface area contributed by atoms with Crippen LogP contribution in [0.5, 0.6) is 0 Å². The van der Waals surface area contributed by atoms with Crippen molar-refractivity contribution in [3.8, 4) is 0 Å². The molecule has 0 aromatic rings. The van der Waals surface area contributed by atoms with Crippen LogP contribution in [0.4, 0.5) is 0 Å². The van der Waals surface area contributed by atoms with Crippen LogP contribution in [0, 0.1) is 5.92 Å². The van der Waals surface area contributed by atoms with Crippen molar-refractivity contribution in [2.75, 3.05) is 13.2 Å². The van der Waals surface area contributed by atoms with Crippen molar-refractivity contribution in [1.29, 1.82) is 0 Å². The van der Waals surface area contributed by atoms with E-state index in [0.717, 1.165) is 0 Å². The molecule has 3 heteroatoms. The number of aliphatic hydroxyl groups is 3. The van der Waals surface area contributed by atoms with Gasteiger partial charge in [0, 0.05) is 13.2 Å². The Morgan fingerprint density at radius 3 is 2.18 bits per heavy atom. The van der Waals surface area contributed by atoms with E-state index >= 15 is 0 Å². The van der Waals surface area contributed by atoms with E-state index in [2.05, 4.69) is 0 Å². The van der Waals surface area contributed by atoms with Gasteiger partial charge in [0.25, 0.3) is 0 Å². The summed E-state index contributed by atoms with van der Waals surface area (Å²) in [5.74, 6) is 0.131. The molecule has 3 nitrogen and oxygen atoms in total. The van der Waals surface area contributed by atoms with Crippen LogP contribution in [0.25, 0.3) is 0 Å². The molecule has 0 aliphatic rings. The van der Waals surface area contributed by atoms with Gasteiger partial charge in [0.15, 0.2) is 0 Å². The smallest absolute Gasteiger partial charge is 0.0567 e. The van der Waals surface area contributed by atoms with Crippen LogP contribution in [0.2, 0.25) is 0 Å². The summed E-state index contributed by atoms with van der Waals surface area (Å²) in [6.07, 6.45) is 1.51. The normalized spacial score (nSPS) is 16.4. The van der Waals surface area contributed by atoms with Gasteiger partial charge < -0.3 is 15.3 Å². The van der Waals surface area contributed by atoms with Crippen LogP contribution in [-0.2, 0) is 0 Å². The Hall–Kier alpha value is -0.120. The van der Waals surface area contributed by atoms with Crippen molar-refractivity contribution in [3.63, 3.8) is 0 Å². The van der Waals surface area contributed by atoms with Gasteiger partial charge in [-0.3, -0.25) is 0 Å². The second kappa shape index (κ2) is 6.58. The van der Waals surface area contributed by atoms with E-state index in [-0.39, 0.29) is 25.2 Å². The first kappa shape index (κ1) is 10.9. The summed E-state index contributed by atoms with van der Waals surface area (Å²) in [6.45, 7) is 2.15. The van der Waals surface area contributed by atoms with Crippen LogP contribution >= 0.6 is 0 Å². The average molecular weight is 162 g/mol. The van der Waals surface area contributed by atoms with Gasteiger partial charge in [-0.25, -0.2) is 0 Å². The largest absolute Gasteiger partial charge is 0.396 e. The Balaban J connectivity index is 3.38. The monoisotopic (exact) mass is 162 g/mol. The molecular weight excluding hydrogens is 144 g/mol. The molecule has 2 atom stereocenters. The molecule has 0 rings (SSSR count). The van der Waals surface area contributed by atoms with Crippen molar-refractivity contribution in [1.82, 2.24) is 0 Å². The highest BCUT2D eigenvalue weighted by atomic mass is 16.3. The summed E-state index contributed by atoms with van der Waals surface area (Å²) >= 11 is 0. The molecule has 0 aromatic carbocycles. The quantitative estimate of drug-likeness (QED) is 0.520. The third-order valence-electron chi connectivity index (χ3n) is 1.90. The lowest BCUT2D eigenvalue weighted by Crippen LogP contribution is -2.18. The summed E-state index contributed by atoms with van der Waals surface area (Å²) < 4.78 is 0. The van der Waals surface area contributed by atoms with Crippen LogP contribution < -0.4 is 0 Å². The minimum absolute atomic E-state index is 0.122. The van der Waals surface area contributed by atoms with Gasteiger partial charge in [-0.1, -0.05) is 6.92 Å². The van der Waals surface area contributed by atoms with Crippen molar-refractivity contribution in [2.24, 2.45) is 5.92 Å². The fraction of sp³-hybridized carbons (Fsp3) is 1.00. The fourth-order valence-electron chi connectivity index (χ4n) is 0.981. The fourth-order valence-corrected chi connectivity index (χ4v) is 0.981. The first-order valence-corrected chi connectivity index (χ1v) is 4.12. The Morgan fingerprint density at radius 2 is 1.73 bits per heavy atom. The average Bonchev–Trinajstić information content (AvgIpc) is 2.00. The molecule has 0 aliphatic heterocycles. The zero-order chi connectivity index (χ0) is 8.69. The van der Waals surface area contributed by atoms with Gasteiger partial charge in [0.05, 0.1) is 6.10 Å². The molecule has 3 N–H and O–H groups in total. The van der Waals surface area contributed by atoms with Crippen LogP contribution in [0.1, 0.15) is 26.2 Å². The SMILES string of the molecule is C[C@@H](CCO)[C@H](O)CCCO. The maximum atomic E-state index is 9.36. The number of aliphatic hydroxyl groups excluding tert-OH is 3. The maximum Gasteiger partial charge on any atom is 0.0567 e. The Labute approximate surface area is 67.7 Å². The Kier molecular flexibility index (Phi) is 6.51. The molecule has 0 radical (unpaired) electrons. The zero-order valence-corrected chi connectivity index (χ0v) is 7.03. The molecule has 0 saturated carbocycles. The van der Waals surface area contributed by atoms with Crippen molar-refractivity contribution >= 4 is 0 Å². The molecule has 0 unspecified atom stereocenters. The van der Waals surface area contributed by atoms with E-state index in [9.17, 15) is 5.11 Å². The highest BCUT2D eigenvalue weighted by molar-refractivity contribution is 4.63. The minimum atomic E-state index is -0.380. The highest BCUT2D eigenvalue weighted by Crippen LogP contribution is 2.11. The topological polar surface area (TPSA) is 60.7 Å². The number of hydrogen-bond acceptors (Lipinski definition) is 3. The van der Waals surface area contributed by atoms with E-state index in [0.29, 0.717) is 19.3 Å². The molecule has 11 heavy (non-hydrogen) atoms. The molecule has 0 heterocycles. The Bertz CT molecular complexity index is 85.4. The summed E-state index contributed by atoms with van der Waals surface area (Å²) in [4.78, 5) is 0. The number of hydrogen-bond donors (Lipinski definition) is 3. The first-order chi connectivity index (χ1) is 5.22. The third-order valence-corrected chi connectivity index (χ3v) is 1.90. The van der Waals surface area contributed by atoms with Gasteiger partial charge in [-0.2, -0.15) is 0 Å². The standard InChI is InChI=1S/C8H18O3/c1-7(4-6-10)8(11)3-2-5-9/h7-11H,2-6H2,1H3/t7-,8+/m0/s1. The van der Waals surface area contributed by atoms with Gasteiger partial charge in [0.1, 0.15) is 0 Å². The van der Waals surface area contributed by atoms with E-state index in [1.807, 2.05) is 6.92 Å². The van der Waals surface area contributed by atoms with Crippen molar-refractivity contribution in [2.45, 2.75) is 32.3 Å². The summed E-state index contributed by atoms with van der Waals surface area (Å²) in [6, 6.07) is 0. The summed E-state index contributed by atoms with van der Waals surface area (Å²) in [5.41, 5.74) is 0. The lowest BCUT2D eigenvalue weighted by Gasteiger charge is -2.16. The van der Waals surface area contributed by atoms with Crippen LogP contribution in [0.3, 0.4) is 0 Å². The van der Waals surface area contributed by atoms with Gasteiger partial charge in [0.2, 0.25) is 0 Å². The highest BCUT2D eigenvalue weighted by Gasteiger charge is 2.12. The molecule has 0 fully saturated rings. The van der Waals surface area contributed by atoms with Crippen molar-refractivity contribution in [3.05, 3.63) is 0 Å². The molecule has 68 valence electrons. The lowest BCUT2D eigenvalue weighted by molar-refractivity contribution is 0.0836. The summed E-state index contributed by atoms with van der Waals surface area (Å²) in [7, 11) is 0. The van der Waals surface area contributed by atoms with Gasteiger partial charge in [-0.05, 0) is 25.2 Å². The molecule has 0 aliphatic carbocycles. The molecule has 0 aromatic heterocycles. The predicted molar refractivity (Wildman–Crippen MR) is 43.2 cm³/mol. The molecule has 0 saturated heterocycles. The third kappa shape index (κ3) is 5.18. The second-order valence-electron chi connectivity index (χ2n) is 2.92. The van der Waals surface area contributed by atoms with E-state index in [1.54, 1.807) is 0 Å². The van der Waals surface area contributed by atoms with E-state index < -0.39 is 0 Å². The second-order valence-corrected chi connectivity index (χ2v) is 2.92. The number of rotatable bonds is 6. The molecular formula is C8H18O3. The minimum Gasteiger partial charge on any atom is -0.396 e. The molecule has 0 amide bonds. The zero-order valence-electron chi connectivity index (χ0n) is 7.03. The first-order valence-electron chi connectivity index (χ1n) is 4.12. The van der Waals surface area contributed by atoms with Crippen molar-refractivity contribution < 1.29 is 15.3 Å². The molecule has 0 bridgehead atoms.